The molecule has 1 amide bonds. The third-order valence-corrected chi connectivity index (χ3v) is 6.76. The van der Waals surface area contributed by atoms with Crippen LogP contribution in [0.25, 0.3) is 0 Å². The number of nitrogens with zero attached hydrogens (tertiary/aromatic N) is 4. The van der Waals surface area contributed by atoms with Crippen molar-refractivity contribution in [2.24, 2.45) is 0 Å². The summed E-state index contributed by atoms with van der Waals surface area (Å²) < 4.78 is 0. The molecule has 2 aliphatic rings. The molecule has 1 aromatic carbocycles. The molecule has 28 heavy (non-hydrogen) atoms. The number of aromatic nitrogens is 2. The van der Waals surface area contributed by atoms with Crippen LogP contribution < -0.4 is 0 Å². The Hall–Kier alpha value is -2.27. The van der Waals surface area contributed by atoms with E-state index < -0.39 is 0 Å². The van der Waals surface area contributed by atoms with Gasteiger partial charge in [-0.1, -0.05) is 43.2 Å². The van der Waals surface area contributed by atoms with Crippen LogP contribution in [0.2, 0.25) is 0 Å². The van der Waals surface area contributed by atoms with Crippen LogP contribution in [0.5, 0.6) is 0 Å². The minimum absolute atomic E-state index is 0.00375. The number of likely N-dealkylation sites (tertiary alicyclic amines) is 2. The molecule has 0 aliphatic carbocycles. The standard InChI is InChI=1S/C23H30N4O/c1-17-15-25-19(16-24-17)22(28)27-20(18-10-6-4-7-11-18)14-23(2)21(27)12-8-5-9-13-26(23)3/h4,6-7,10-11,15-16,20-21H,5,8-9,12-14H2,1-3H3/t20-,21-,23-/m0/s1. The molecule has 3 heterocycles. The Morgan fingerprint density at radius 3 is 2.61 bits per heavy atom. The molecular weight excluding hydrogens is 348 g/mol. The van der Waals surface area contributed by atoms with Crippen molar-refractivity contribution in [2.45, 2.75) is 63.6 Å². The quantitative estimate of drug-likeness (QED) is 0.792. The lowest BCUT2D eigenvalue weighted by Crippen LogP contribution is -2.55. The number of hydrogen-bond acceptors (Lipinski definition) is 4. The van der Waals surface area contributed by atoms with Crippen molar-refractivity contribution in [3.05, 3.63) is 59.7 Å². The van der Waals surface area contributed by atoms with Gasteiger partial charge in [0.15, 0.2) is 0 Å². The van der Waals surface area contributed by atoms with Gasteiger partial charge < -0.3 is 4.90 Å². The number of aryl methyl sites for hydroxylation is 1. The predicted molar refractivity (Wildman–Crippen MR) is 110 cm³/mol. The molecular formula is C23H30N4O. The molecule has 5 heteroatoms. The van der Waals surface area contributed by atoms with Gasteiger partial charge in [-0.3, -0.25) is 14.7 Å². The van der Waals surface area contributed by atoms with Gasteiger partial charge in [-0.15, -0.1) is 0 Å². The summed E-state index contributed by atoms with van der Waals surface area (Å²) in [6.07, 6.45) is 8.91. The third-order valence-electron chi connectivity index (χ3n) is 6.76. The van der Waals surface area contributed by atoms with Gasteiger partial charge in [0.2, 0.25) is 0 Å². The molecule has 2 saturated heterocycles. The van der Waals surface area contributed by atoms with Gasteiger partial charge in [-0.05, 0) is 52.3 Å². The van der Waals surface area contributed by atoms with Crippen LogP contribution in [-0.4, -0.2) is 50.8 Å². The molecule has 0 saturated carbocycles. The maximum Gasteiger partial charge on any atom is 0.274 e. The van der Waals surface area contributed by atoms with Crippen LogP contribution in [0.4, 0.5) is 0 Å². The van der Waals surface area contributed by atoms with E-state index in [1.54, 1.807) is 12.4 Å². The van der Waals surface area contributed by atoms with Crippen LogP contribution in [0, 0.1) is 6.92 Å². The summed E-state index contributed by atoms with van der Waals surface area (Å²) in [5, 5.41) is 0. The van der Waals surface area contributed by atoms with Crippen molar-refractivity contribution in [2.75, 3.05) is 13.6 Å². The fourth-order valence-electron chi connectivity index (χ4n) is 4.99. The highest BCUT2D eigenvalue weighted by atomic mass is 16.2. The average molecular weight is 379 g/mol. The lowest BCUT2D eigenvalue weighted by Gasteiger charge is -2.43. The fraction of sp³-hybridized carbons (Fsp3) is 0.522. The molecule has 4 rings (SSSR count). The van der Waals surface area contributed by atoms with Gasteiger partial charge in [-0.2, -0.15) is 0 Å². The van der Waals surface area contributed by atoms with E-state index in [1.165, 1.54) is 24.8 Å². The van der Waals surface area contributed by atoms with Crippen LogP contribution in [-0.2, 0) is 0 Å². The smallest absolute Gasteiger partial charge is 0.274 e. The number of carbonyl (C=O) groups is 1. The first-order valence-electron chi connectivity index (χ1n) is 10.4. The zero-order valence-electron chi connectivity index (χ0n) is 17.1. The lowest BCUT2D eigenvalue weighted by atomic mass is 9.84. The molecule has 2 aliphatic heterocycles. The minimum atomic E-state index is -0.0330. The van der Waals surface area contributed by atoms with E-state index in [0.717, 1.165) is 25.1 Å². The SMILES string of the molecule is Cc1cnc(C(=O)N2[C@H]3CCCCCN(C)[C@@]3(C)C[C@H]2c2ccccc2)cn1. The summed E-state index contributed by atoms with van der Waals surface area (Å²) in [6.45, 7) is 5.32. The molecule has 0 spiro atoms. The summed E-state index contributed by atoms with van der Waals surface area (Å²) in [7, 11) is 2.22. The number of rotatable bonds is 2. The molecule has 0 bridgehead atoms. The number of hydrogen-bond donors (Lipinski definition) is 0. The molecule has 2 fully saturated rings. The maximum atomic E-state index is 13.6. The second-order valence-electron chi connectivity index (χ2n) is 8.53. The van der Waals surface area contributed by atoms with E-state index in [1.807, 2.05) is 13.0 Å². The lowest BCUT2D eigenvalue weighted by molar-refractivity contribution is 0.0447. The van der Waals surface area contributed by atoms with E-state index in [4.69, 9.17) is 0 Å². The normalized spacial score (nSPS) is 28.5. The van der Waals surface area contributed by atoms with Gasteiger partial charge in [0.1, 0.15) is 5.69 Å². The highest BCUT2D eigenvalue weighted by Crippen LogP contribution is 2.48. The highest BCUT2D eigenvalue weighted by molar-refractivity contribution is 5.93. The summed E-state index contributed by atoms with van der Waals surface area (Å²) in [4.78, 5) is 27.0. The van der Waals surface area contributed by atoms with Crippen molar-refractivity contribution in [1.82, 2.24) is 19.8 Å². The highest BCUT2D eigenvalue weighted by Gasteiger charge is 2.53. The van der Waals surface area contributed by atoms with E-state index in [9.17, 15) is 4.79 Å². The van der Waals surface area contributed by atoms with Crippen molar-refractivity contribution >= 4 is 5.91 Å². The molecule has 1 aromatic heterocycles. The number of benzene rings is 1. The molecule has 0 unspecified atom stereocenters. The Kier molecular flexibility index (Phi) is 5.19. The summed E-state index contributed by atoms with van der Waals surface area (Å²) in [6, 6.07) is 10.7. The predicted octanol–water partition coefficient (Wildman–Crippen LogP) is 4.01. The number of fused-ring (bicyclic) bond motifs is 1. The van der Waals surface area contributed by atoms with Gasteiger partial charge >= 0.3 is 0 Å². The van der Waals surface area contributed by atoms with Crippen LogP contribution in [0.15, 0.2) is 42.7 Å². The molecule has 3 atom stereocenters. The summed E-state index contributed by atoms with van der Waals surface area (Å²) in [5.41, 5.74) is 2.44. The third kappa shape index (κ3) is 3.32. The minimum Gasteiger partial charge on any atom is -0.325 e. The van der Waals surface area contributed by atoms with Gasteiger partial charge in [0, 0.05) is 11.7 Å². The number of carbonyl (C=O) groups excluding carboxylic acids is 1. The van der Waals surface area contributed by atoms with Gasteiger partial charge in [-0.25, -0.2) is 4.98 Å². The summed E-state index contributed by atoms with van der Waals surface area (Å²) in [5.74, 6) is 0.00375. The number of amides is 1. The molecule has 5 nitrogen and oxygen atoms in total. The summed E-state index contributed by atoms with van der Waals surface area (Å²) >= 11 is 0. The Labute approximate surface area is 167 Å². The maximum absolute atomic E-state index is 13.6. The fourth-order valence-corrected chi connectivity index (χ4v) is 4.99. The molecule has 2 aromatic rings. The average Bonchev–Trinajstić information content (AvgIpc) is 3.00. The van der Waals surface area contributed by atoms with Crippen molar-refractivity contribution in [1.29, 1.82) is 0 Å². The Balaban J connectivity index is 1.77. The topological polar surface area (TPSA) is 49.3 Å². The largest absolute Gasteiger partial charge is 0.325 e. The second-order valence-corrected chi connectivity index (χ2v) is 8.53. The Morgan fingerprint density at radius 1 is 1.11 bits per heavy atom. The zero-order chi connectivity index (χ0) is 19.7. The van der Waals surface area contributed by atoms with Gasteiger partial charge in [0.25, 0.3) is 5.91 Å². The van der Waals surface area contributed by atoms with Crippen molar-refractivity contribution in [3.8, 4) is 0 Å². The molecule has 148 valence electrons. The first kappa shape index (κ1) is 19.1. The Morgan fingerprint density at radius 2 is 1.89 bits per heavy atom. The van der Waals surface area contributed by atoms with Crippen LogP contribution in [0.3, 0.4) is 0 Å². The Bertz CT molecular complexity index is 822. The van der Waals surface area contributed by atoms with Crippen molar-refractivity contribution in [3.63, 3.8) is 0 Å². The van der Waals surface area contributed by atoms with E-state index in [-0.39, 0.29) is 23.5 Å². The molecule has 0 N–H and O–H groups in total. The van der Waals surface area contributed by atoms with Crippen LogP contribution >= 0.6 is 0 Å². The first-order valence-corrected chi connectivity index (χ1v) is 10.4. The van der Waals surface area contributed by atoms with E-state index in [0.29, 0.717) is 5.69 Å². The number of likely N-dealkylation sites (N-methyl/N-ethyl adjacent to an activating group) is 1. The molecule has 0 radical (unpaired) electrons. The van der Waals surface area contributed by atoms with Gasteiger partial charge in [0.05, 0.1) is 24.0 Å². The van der Waals surface area contributed by atoms with E-state index in [2.05, 4.69) is 58.0 Å². The van der Waals surface area contributed by atoms with E-state index >= 15 is 0 Å². The monoisotopic (exact) mass is 378 g/mol. The van der Waals surface area contributed by atoms with Crippen LogP contribution in [0.1, 0.15) is 66.8 Å². The zero-order valence-corrected chi connectivity index (χ0v) is 17.1. The first-order chi connectivity index (χ1) is 13.5. The van der Waals surface area contributed by atoms with Crippen molar-refractivity contribution < 1.29 is 4.79 Å². The second kappa shape index (κ2) is 7.63.